The van der Waals surface area contributed by atoms with E-state index < -0.39 is 5.97 Å². The lowest BCUT2D eigenvalue weighted by molar-refractivity contribution is 0.0691. The summed E-state index contributed by atoms with van der Waals surface area (Å²) in [6, 6.07) is 0. The van der Waals surface area contributed by atoms with Crippen LogP contribution in [0.5, 0.6) is 5.88 Å². The zero-order valence-electron chi connectivity index (χ0n) is 9.78. The van der Waals surface area contributed by atoms with Crippen molar-refractivity contribution in [3.05, 3.63) is 23.4 Å². The number of rotatable bonds is 5. The summed E-state index contributed by atoms with van der Waals surface area (Å²) in [4.78, 5) is 11.0. The molecule has 88 valence electrons. The zero-order valence-corrected chi connectivity index (χ0v) is 9.78. The summed E-state index contributed by atoms with van der Waals surface area (Å²) in [5, 5.41) is 13.0. The summed E-state index contributed by atoms with van der Waals surface area (Å²) >= 11 is 0. The van der Waals surface area contributed by atoms with Crippen molar-refractivity contribution in [1.29, 1.82) is 0 Å². The number of aromatic carboxylic acids is 1. The average molecular weight is 224 g/mol. The molecule has 0 spiro atoms. The van der Waals surface area contributed by atoms with E-state index in [9.17, 15) is 4.79 Å². The number of aromatic nitrogens is 2. The van der Waals surface area contributed by atoms with Gasteiger partial charge in [-0.1, -0.05) is 5.57 Å². The average Bonchev–Trinajstić information content (AvgIpc) is 2.40. The lowest BCUT2D eigenvalue weighted by atomic mass is 10.2. The molecule has 16 heavy (non-hydrogen) atoms. The molecule has 0 atom stereocenters. The Hall–Kier alpha value is -1.78. The van der Waals surface area contributed by atoms with E-state index in [2.05, 4.69) is 11.7 Å². The van der Waals surface area contributed by atoms with E-state index in [-0.39, 0.29) is 5.56 Å². The predicted octanol–water partition coefficient (Wildman–Crippen LogP) is 1.77. The Balaban J connectivity index is 2.86. The largest absolute Gasteiger partial charge is 0.477 e. The van der Waals surface area contributed by atoms with Crippen LogP contribution in [0.3, 0.4) is 0 Å². The van der Waals surface area contributed by atoms with Gasteiger partial charge in [0.25, 0.3) is 0 Å². The number of hydrogen-bond acceptors (Lipinski definition) is 3. The molecule has 0 aromatic carbocycles. The second-order valence-electron chi connectivity index (χ2n) is 3.75. The third kappa shape index (κ3) is 2.62. The molecule has 5 nitrogen and oxygen atoms in total. The minimum absolute atomic E-state index is 0.129. The fraction of sp³-hybridized carbons (Fsp3) is 0.455. The van der Waals surface area contributed by atoms with Crippen molar-refractivity contribution < 1.29 is 14.6 Å². The lowest BCUT2D eigenvalue weighted by Gasteiger charge is -2.06. The highest BCUT2D eigenvalue weighted by atomic mass is 16.5. The fourth-order valence-electron chi connectivity index (χ4n) is 1.37. The maximum Gasteiger partial charge on any atom is 0.343 e. The van der Waals surface area contributed by atoms with E-state index in [4.69, 9.17) is 9.84 Å². The quantitative estimate of drug-likeness (QED) is 0.774. The highest BCUT2D eigenvalue weighted by Gasteiger charge is 2.20. The van der Waals surface area contributed by atoms with E-state index in [1.165, 1.54) is 4.68 Å². The topological polar surface area (TPSA) is 64.3 Å². The van der Waals surface area contributed by atoms with Gasteiger partial charge in [0.15, 0.2) is 0 Å². The molecule has 1 heterocycles. The third-order valence-corrected chi connectivity index (χ3v) is 2.15. The van der Waals surface area contributed by atoms with Crippen LogP contribution < -0.4 is 4.74 Å². The van der Waals surface area contributed by atoms with E-state index in [1.54, 1.807) is 14.0 Å². The van der Waals surface area contributed by atoms with Crippen LogP contribution in [0.4, 0.5) is 0 Å². The van der Waals surface area contributed by atoms with Gasteiger partial charge in [-0.25, -0.2) is 9.48 Å². The maximum atomic E-state index is 11.0. The van der Waals surface area contributed by atoms with Gasteiger partial charge in [0.1, 0.15) is 5.56 Å². The Kier molecular flexibility index (Phi) is 3.71. The molecule has 0 bridgehead atoms. The lowest BCUT2D eigenvalue weighted by Crippen LogP contribution is -2.07. The molecule has 0 radical (unpaired) electrons. The molecule has 1 aromatic heterocycles. The molecule has 0 saturated carbocycles. The molecule has 0 aliphatic heterocycles. The van der Waals surface area contributed by atoms with Crippen molar-refractivity contribution in [3.8, 4) is 5.88 Å². The molecule has 1 aromatic rings. The molecular formula is C11H16N2O3. The van der Waals surface area contributed by atoms with Gasteiger partial charge in [-0.05, 0) is 13.8 Å². The SMILES string of the molecule is C=C(C)CCOc1c(C(=O)O)c(C)nn1C. The molecule has 0 unspecified atom stereocenters. The van der Waals surface area contributed by atoms with Gasteiger partial charge in [-0.2, -0.15) is 5.10 Å². The smallest absolute Gasteiger partial charge is 0.343 e. The van der Waals surface area contributed by atoms with Crippen molar-refractivity contribution >= 4 is 5.97 Å². The van der Waals surface area contributed by atoms with E-state index in [0.29, 0.717) is 24.6 Å². The summed E-state index contributed by atoms with van der Waals surface area (Å²) in [5.74, 6) is -0.720. The Labute approximate surface area is 94.3 Å². The highest BCUT2D eigenvalue weighted by Crippen LogP contribution is 2.21. The molecule has 0 aliphatic rings. The van der Waals surface area contributed by atoms with E-state index in [0.717, 1.165) is 5.57 Å². The highest BCUT2D eigenvalue weighted by molar-refractivity contribution is 5.91. The van der Waals surface area contributed by atoms with Crippen LogP contribution in [-0.2, 0) is 7.05 Å². The van der Waals surface area contributed by atoms with Crippen LogP contribution in [0.15, 0.2) is 12.2 Å². The summed E-state index contributed by atoms with van der Waals surface area (Å²) < 4.78 is 6.86. The molecule has 0 saturated heterocycles. The predicted molar refractivity (Wildman–Crippen MR) is 59.8 cm³/mol. The summed E-state index contributed by atoms with van der Waals surface area (Å²) in [5.41, 5.74) is 1.58. The van der Waals surface area contributed by atoms with Gasteiger partial charge in [0.05, 0.1) is 12.3 Å². The molecule has 1 N–H and O–H groups in total. The molecule has 0 fully saturated rings. The second kappa shape index (κ2) is 4.83. The third-order valence-electron chi connectivity index (χ3n) is 2.15. The van der Waals surface area contributed by atoms with Crippen LogP contribution in [0.1, 0.15) is 29.4 Å². The standard InChI is InChI=1S/C11H16N2O3/c1-7(2)5-6-16-10-9(11(14)15)8(3)12-13(10)4/h1,5-6H2,2-4H3,(H,14,15). The van der Waals surface area contributed by atoms with Crippen LogP contribution in [0, 0.1) is 6.92 Å². The van der Waals surface area contributed by atoms with Crippen molar-refractivity contribution in [2.45, 2.75) is 20.3 Å². The van der Waals surface area contributed by atoms with Crippen LogP contribution in [0.25, 0.3) is 0 Å². The van der Waals surface area contributed by atoms with Crippen molar-refractivity contribution in [2.75, 3.05) is 6.61 Å². The number of nitrogens with zero attached hydrogens (tertiary/aromatic N) is 2. The first kappa shape index (κ1) is 12.3. The van der Waals surface area contributed by atoms with Crippen LogP contribution in [-0.4, -0.2) is 27.5 Å². The first-order chi connectivity index (χ1) is 7.43. The number of hydrogen-bond donors (Lipinski definition) is 1. The number of carboxylic acid groups (broad SMARTS) is 1. The molecular weight excluding hydrogens is 208 g/mol. The number of ether oxygens (including phenoxy) is 1. The number of carboxylic acids is 1. The normalized spacial score (nSPS) is 10.2. The van der Waals surface area contributed by atoms with Crippen molar-refractivity contribution in [1.82, 2.24) is 9.78 Å². The van der Waals surface area contributed by atoms with Crippen molar-refractivity contribution in [2.24, 2.45) is 7.05 Å². The van der Waals surface area contributed by atoms with Gasteiger partial charge >= 0.3 is 5.97 Å². The van der Waals surface area contributed by atoms with Gasteiger partial charge in [-0.15, -0.1) is 6.58 Å². The number of carbonyl (C=O) groups is 1. The zero-order chi connectivity index (χ0) is 12.3. The Morgan fingerprint density at radius 1 is 1.62 bits per heavy atom. The Morgan fingerprint density at radius 2 is 2.25 bits per heavy atom. The monoisotopic (exact) mass is 224 g/mol. The van der Waals surface area contributed by atoms with Gasteiger partial charge in [0, 0.05) is 13.5 Å². The summed E-state index contributed by atoms with van der Waals surface area (Å²) in [6.07, 6.45) is 0.698. The van der Waals surface area contributed by atoms with E-state index in [1.807, 2.05) is 6.92 Å². The molecule has 5 heteroatoms. The Morgan fingerprint density at radius 3 is 2.75 bits per heavy atom. The molecule has 0 aliphatic carbocycles. The fourth-order valence-corrected chi connectivity index (χ4v) is 1.37. The molecule has 1 rings (SSSR count). The van der Waals surface area contributed by atoms with Gasteiger partial charge < -0.3 is 9.84 Å². The number of aryl methyl sites for hydroxylation is 2. The molecule has 0 amide bonds. The van der Waals surface area contributed by atoms with E-state index >= 15 is 0 Å². The van der Waals surface area contributed by atoms with Gasteiger partial charge in [0.2, 0.25) is 5.88 Å². The first-order valence-corrected chi connectivity index (χ1v) is 4.97. The van der Waals surface area contributed by atoms with Crippen LogP contribution in [0.2, 0.25) is 0 Å². The maximum absolute atomic E-state index is 11.0. The minimum Gasteiger partial charge on any atom is -0.477 e. The summed E-state index contributed by atoms with van der Waals surface area (Å²) in [6.45, 7) is 7.71. The Bertz CT molecular complexity index is 421. The minimum atomic E-state index is -1.02. The second-order valence-corrected chi connectivity index (χ2v) is 3.75. The summed E-state index contributed by atoms with van der Waals surface area (Å²) in [7, 11) is 1.66. The first-order valence-electron chi connectivity index (χ1n) is 4.97. The van der Waals surface area contributed by atoms with Crippen LogP contribution >= 0.6 is 0 Å². The van der Waals surface area contributed by atoms with Crippen molar-refractivity contribution in [3.63, 3.8) is 0 Å². The van der Waals surface area contributed by atoms with Gasteiger partial charge in [-0.3, -0.25) is 0 Å².